The maximum absolute atomic E-state index is 12.7. The summed E-state index contributed by atoms with van der Waals surface area (Å²) < 4.78 is 30.0. The molecule has 0 saturated heterocycles. The number of pyridine rings is 1. The molecule has 0 saturated carbocycles. The third-order valence-corrected chi connectivity index (χ3v) is 6.04. The minimum absolute atomic E-state index is 0.317. The van der Waals surface area contributed by atoms with Gasteiger partial charge in [-0.2, -0.15) is 0 Å². The van der Waals surface area contributed by atoms with Crippen molar-refractivity contribution in [1.29, 1.82) is 0 Å². The molecule has 0 spiro atoms. The van der Waals surface area contributed by atoms with Crippen molar-refractivity contribution in [3.63, 3.8) is 0 Å². The van der Waals surface area contributed by atoms with Crippen LogP contribution in [0.5, 0.6) is 0 Å². The summed E-state index contributed by atoms with van der Waals surface area (Å²) in [6.45, 7) is 7.96. The van der Waals surface area contributed by atoms with Crippen molar-refractivity contribution in [1.82, 2.24) is 14.1 Å². The fourth-order valence-electron chi connectivity index (χ4n) is 3.30. The summed E-state index contributed by atoms with van der Waals surface area (Å²) in [5.41, 5.74) is 5.48. The molecule has 132 valence electrons. The largest absolute Gasteiger partial charge is 0.307 e. The van der Waals surface area contributed by atoms with Gasteiger partial charge >= 0.3 is 0 Å². The van der Waals surface area contributed by atoms with Gasteiger partial charge in [-0.25, -0.2) is 18.1 Å². The zero-order chi connectivity index (χ0) is 18.2. The lowest BCUT2D eigenvalue weighted by atomic mass is 10.1. The Morgan fingerprint density at radius 1 is 1.08 bits per heavy atom. The fourth-order valence-corrected chi connectivity index (χ4v) is 4.78. The molecule has 0 aliphatic carbocycles. The predicted octanol–water partition coefficient (Wildman–Crippen LogP) is 3.09. The highest BCUT2D eigenvalue weighted by atomic mass is 32.2. The molecule has 1 aromatic carbocycles. The Bertz CT molecular complexity index is 1010. The zero-order valence-corrected chi connectivity index (χ0v) is 15.8. The minimum atomic E-state index is -3.53. The van der Waals surface area contributed by atoms with E-state index in [1.165, 1.54) is 0 Å². The van der Waals surface area contributed by atoms with Gasteiger partial charge in [-0.05, 0) is 50.5 Å². The average Bonchev–Trinajstić information content (AvgIpc) is 2.90. The van der Waals surface area contributed by atoms with E-state index in [1.807, 2.05) is 68.8 Å². The second kappa shape index (κ2) is 6.61. The molecule has 0 bridgehead atoms. The maximum Gasteiger partial charge on any atom is 0.241 e. The van der Waals surface area contributed by atoms with Crippen LogP contribution in [0.15, 0.2) is 41.6 Å². The van der Waals surface area contributed by atoms with E-state index in [-0.39, 0.29) is 0 Å². The van der Waals surface area contributed by atoms with Crippen molar-refractivity contribution in [2.75, 3.05) is 6.54 Å². The van der Waals surface area contributed by atoms with Crippen molar-refractivity contribution >= 4 is 15.7 Å². The number of hydrogen-bond acceptors (Lipinski definition) is 3. The van der Waals surface area contributed by atoms with Crippen LogP contribution in [0.25, 0.3) is 5.65 Å². The molecule has 0 amide bonds. The molecule has 2 aromatic heterocycles. The number of fused-ring (bicyclic) bond motifs is 1. The molecule has 1 N–H and O–H groups in total. The Kier molecular flexibility index (Phi) is 4.67. The smallest absolute Gasteiger partial charge is 0.241 e. The summed E-state index contributed by atoms with van der Waals surface area (Å²) >= 11 is 0. The van der Waals surface area contributed by atoms with Gasteiger partial charge in [0.25, 0.3) is 0 Å². The summed E-state index contributed by atoms with van der Waals surface area (Å²) in [5, 5.41) is 0. The van der Waals surface area contributed by atoms with Crippen molar-refractivity contribution in [2.24, 2.45) is 0 Å². The number of nitrogens with zero attached hydrogens (tertiary/aromatic N) is 2. The van der Waals surface area contributed by atoms with Crippen LogP contribution in [0.2, 0.25) is 0 Å². The zero-order valence-electron chi connectivity index (χ0n) is 15.0. The van der Waals surface area contributed by atoms with Gasteiger partial charge in [-0.1, -0.05) is 23.8 Å². The van der Waals surface area contributed by atoms with Crippen LogP contribution in [-0.2, 0) is 16.4 Å². The Labute approximate surface area is 148 Å². The Morgan fingerprint density at radius 2 is 1.76 bits per heavy atom. The van der Waals surface area contributed by atoms with Crippen LogP contribution >= 0.6 is 0 Å². The first-order valence-electron chi connectivity index (χ1n) is 8.28. The normalized spacial score (nSPS) is 12.0. The lowest BCUT2D eigenvalue weighted by molar-refractivity contribution is 0.580. The summed E-state index contributed by atoms with van der Waals surface area (Å²) in [4.78, 5) is 4.96. The third kappa shape index (κ3) is 3.60. The van der Waals surface area contributed by atoms with E-state index in [0.717, 1.165) is 33.6 Å². The predicted molar refractivity (Wildman–Crippen MR) is 99.5 cm³/mol. The van der Waals surface area contributed by atoms with Crippen LogP contribution in [-0.4, -0.2) is 24.3 Å². The quantitative estimate of drug-likeness (QED) is 0.763. The minimum Gasteiger partial charge on any atom is -0.307 e. The average molecular weight is 357 g/mol. The molecule has 0 radical (unpaired) electrons. The molecule has 5 nitrogen and oxygen atoms in total. The molecular weight excluding hydrogens is 334 g/mol. The molecule has 0 aliphatic rings. The molecule has 0 unspecified atom stereocenters. The first kappa shape index (κ1) is 17.6. The molecular formula is C19H23N3O2S. The second-order valence-corrected chi connectivity index (χ2v) is 8.23. The summed E-state index contributed by atoms with van der Waals surface area (Å²) in [7, 11) is -3.53. The molecule has 0 aliphatic heterocycles. The molecule has 3 rings (SSSR count). The van der Waals surface area contributed by atoms with Gasteiger partial charge in [0, 0.05) is 25.4 Å². The molecule has 2 heterocycles. The van der Waals surface area contributed by atoms with E-state index < -0.39 is 10.0 Å². The molecule has 0 fully saturated rings. The highest BCUT2D eigenvalue weighted by Crippen LogP contribution is 2.21. The van der Waals surface area contributed by atoms with Crippen molar-refractivity contribution in [2.45, 2.75) is 39.0 Å². The second-order valence-electron chi connectivity index (χ2n) is 6.53. The molecule has 3 aromatic rings. The van der Waals surface area contributed by atoms with Gasteiger partial charge in [0.2, 0.25) is 10.0 Å². The standard InChI is InChI=1S/C19H23N3O2S/c1-13-10-15(3)18(16(4)11-13)25(23,24)20-8-7-17-12-22-9-5-6-14(2)19(22)21-17/h5-6,9-12,20H,7-8H2,1-4H3. The maximum atomic E-state index is 12.7. The van der Waals surface area contributed by atoms with E-state index in [1.54, 1.807) is 0 Å². The van der Waals surface area contributed by atoms with E-state index in [2.05, 4.69) is 9.71 Å². The van der Waals surface area contributed by atoms with Crippen LogP contribution < -0.4 is 4.72 Å². The molecule has 6 heteroatoms. The number of benzene rings is 1. The monoisotopic (exact) mass is 357 g/mol. The van der Waals surface area contributed by atoms with Crippen molar-refractivity contribution < 1.29 is 8.42 Å². The number of rotatable bonds is 5. The topological polar surface area (TPSA) is 63.5 Å². The van der Waals surface area contributed by atoms with Gasteiger partial charge in [0.05, 0.1) is 10.6 Å². The van der Waals surface area contributed by atoms with Crippen LogP contribution in [0.4, 0.5) is 0 Å². The summed E-state index contributed by atoms with van der Waals surface area (Å²) in [6.07, 6.45) is 4.44. The Morgan fingerprint density at radius 3 is 2.40 bits per heavy atom. The number of hydrogen-bond donors (Lipinski definition) is 1. The van der Waals surface area contributed by atoms with Crippen LogP contribution in [0.1, 0.15) is 27.9 Å². The third-order valence-electron chi connectivity index (χ3n) is 4.27. The molecule has 0 atom stereocenters. The lowest BCUT2D eigenvalue weighted by Gasteiger charge is -2.12. The Hall–Kier alpha value is -2.18. The first-order valence-corrected chi connectivity index (χ1v) is 9.77. The lowest BCUT2D eigenvalue weighted by Crippen LogP contribution is -2.27. The number of nitrogens with one attached hydrogen (secondary N) is 1. The summed E-state index contributed by atoms with van der Waals surface area (Å²) in [6, 6.07) is 7.77. The number of aromatic nitrogens is 2. The van der Waals surface area contributed by atoms with Crippen LogP contribution in [0, 0.1) is 27.7 Å². The van der Waals surface area contributed by atoms with Gasteiger partial charge in [0.15, 0.2) is 0 Å². The van der Waals surface area contributed by atoms with E-state index in [4.69, 9.17) is 0 Å². The first-order chi connectivity index (χ1) is 11.8. The van der Waals surface area contributed by atoms with Gasteiger partial charge in [-0.15, -0.1) is 0 Å². The highest BCUT2D eigenvalue weighted by molar-refractivity contribution is 7.89. The van der Waals surface area contributed by atoms with E-state index >= 15 is 0 Å². The van der Waals surface area contributed by atoms with E-state index in [0.29, 0.717) is 17.9 Å². The number of imidazole rings is 1. The van der Waals surface area contributed by atoms with Crippen molar-refractivity contribution in [3.05, 3.63) is 64.6 Å². The molecule has 25 heavy (non-hydrogen) atoms. The fraction of sp³-hybridized carbons (Fsp3) is 0.316. The van der Waals surface area contributed by atoms with Crippen molar-refractivity contribution in [3.8, 4) is 0 Å². The number of sulfonamides is 1. The highest BCUT2D eigenvalue weighted by Gasteiger charge is 2.19. The van der Waals surface area contributed by atoms with Gasteiger partial charge in [0.1, 0.15) is 5.65 Å². The van der Waals surface area contributed by atoms with Gasteiger partial charge in [-0.3, -0.25) is 0 Å². The van der Waals surface area contributed by atoms with Crippen LogP contribution in [0.3, 0.4) is 0 Å². The summed E-state index contributed by atoms with van der Waals surface area (Å²) in [5.74, 6) is 0. The van der Waals surface area contributed by atoms with Gasteiger partial charge < -0.3 is 4.40 Å². The van der Waals surface area contributed by atoms with E-state index in [9.17, 15) is 8.42 Å². The Balaban J connectivity index is 1.75. The SMILES string of the molecule is Cc1cc(C)c(S(=O)(=O)NCCc2cn3cccc(C)c3n2)c(C)c1. The number of aryl methyl sites for hydroxylation is 4.